The van der Waals surface area contributed by atoms with E-state index in [9.17, 15) is 9.59 Å². The number of anilines is 1. The van der Waals surface area contributed by atoms with Crippen molar-refractivity contribution in [2.45, 2.75) is 4.90 Å². The largest absolute Gasteiger partial charge is 0.339 e. The maximum absolute atomic E-state index is 12.8. The molecule has 0 aliphatic carbocycles. The number of benzene rings is 3. The number of hydrogen-bond donors (Lipinski definition) is 1. The third kappa shape index (κ3) is 4.90. The molecule has 0 bridgehead atoms. The molecule has 6 nitrogen and oxygen atoms in total. The Labute approximate surface area is 190 Å². The standard InChI is InChI=1S/C25H22N4O2S/c1-28(2)25(31)32-22-13-11-20(12-14-22)27-24(30)19-9-6-10-21(17-19)29-23(15-16-26-29)18-7-4-3-5-8-18/h3-17H,1-2H3,(H,27,30). The van der Waals surface area contributed by atoms with Crippen LogP contribution >= 0.6 is 11.8 Å². The maximum Gasteiger partial charge on any atom is 0.285 e. The third-order valence-electron chi connectivity index (χ3n) is 4.75. The van der Waals surface area contributed by atoms with Gasteiger partial charge in [0.05, 0.1) is 17.6 Å². The summed E-state index contributed by atoms with van der Waals surface area (Å²) in [5.41, 5.74) is 3.98. The van der Waals surface area contributed by atoms with Gasteiger partial charge in [0.1, 0.15) is 0 Å². The van der Waals surface area contributed by atoms with E-state index in [1.54, 1.807) is 38.5 Å². The average Bonchev–Trinajstić information content (AvgIpc) is 3.31. The van der Waals surface area contributed by atoms with Crippen LogP contribution in [0.1, 0.15) is 10.4 Å². The molecule has 2 amide bonds. The van der Waals surface area contributed by atoms with Gasteiger partial charge in [0.25, 0.3) is 11.1 Å². The van der Waals surface area contributed by atoms with Crippen LogP contribution in [0.3, 0.4) is 0 Å². The molecule has 3 aromatic carbocycles. The zero-order valence-corrected chi connectivity index (χ0v) is 18.5. The van der Waals surface area contributed by atoms with E-state index in [2.05, 4.69) is 10.4 Å². The first-order valence-electron chi connectivity index (χ1n) is 10.0. The molecule has 7 heteroatoms. The Morgan fingerprint density at radius 3 is 2.38 bits per heavy atom. The predicted octanol–water partition coefficient (Wildman–Crippen LogP) is 5.57. The third-order valence-corrected chi connectivity index (χ3v) is 5.80. The molecule has 0 aliphatic rings. The van der Waals surface area contributed by atoms with E-state index in [0.29, 0.717) is 11.3 Å². The highest BCUT2D eigenvalue weighted by molar-refractivity contribution is 8.13. The molecule has 1 heterocycles. The molecule has 32 heavy (non-hydrogen) atoms. The Hall–Kier alpha value is -3.84. The lowest BCUT2D eigenvalue weighted by molar-refractivity contribution is 0.102. The van der Waals surface area contributed by atoms with Gasteiger partial charge in [-0.2, -0.15) is 5.10 Å². The summed E-state index contributed by atoms with van der Waals surface area (Å²) in [5, 5.41) is 7.30. The first-order valence-corrected chi connectivity index (χ1v) is 10.8. The smallest absolute Gasteiger partial charge is 0.285 e. The van der Waals surface area contributed by atoms with Crippen LogP contribution in [0.25, 0.3) is 16.9 Å². The number of thioether (sulfide) groups is 1. The van der Waals surface area contributed by atoms with Crippen LogP contribution in [-0.4, -0.2) is 39.9 Å². The number of carbonyl (C=O) groups is 2. The molecule has 160 valence electrons. The predicted molar refractivity (Wildman–Crippen MR) is 128 cm³/mol. The van der Waals surface area contributed by atoms with Crippen LogP contribution in [0.4, 0.5) is 10.5 Å². The van der Waals surface area contributed by atoms with Crippen LogP contribution in [0.15, 0.2) is 96.0 Å². The molecular formula is C25H22N4O2S. The number of aromatic nitrogens is 2. The highest BCUT2D eigenvalue weighted by Gasteiger charge is 2.12. The van der Waals surface area contributed by atoms with Gasteiger partial charge in [-0.1, -0.05) is 36.4 Å². The first-order chi connectivity index (χ1) is 15.5. The van der Waals surface area contributed by atoms with Gasteiger partial charge in [0, 0.05) is 35.8 Å². The van der Waals surface area contributed by atoms with Crippen molar-refractivity contribution in [2.75, 3.05) is 19.4 Å². The number of nitrogens with zero attached hydrogens (tertiary/aromatic N) is 3. The van der Waals surface area contributed by atoms with E-state index in [4.69, 9.17) is 0 Å². The highest BCUT2D eigenvalue weighted by Crippen LogP contribution is 2.24. The topological polar surface area (TPSA) is 67.2 Å². The van der Waals surface area contributed by atoms with E-state index in [1.165, 1.54) is 4.90 Å². The second-order valence-electron chi connectivity index (χ2n) is 7.29. The summed E-state index contributed by atoms with van der Waals surface area (Å²) >= 11 is 1.14. The summed E-state index contributed by atoms with van der Waals surface area (Å²) in [6, 6.07) is 26.5. The molecule has 0 atom stereocenters. The summed E-state index contributed by atoms with van der Waals surface area (Å²) < 4.78 is 1.82. The van der Waals surface area contributed by atoms with Gasteiger partial charge >= 0.3 is 0 Å². The van der Waals surface area contributed by atoms with E-state index in [1.807, 2.05) is 71.4 Å². The molecule has 4 aromatic rings. The van der Waals surface area contributed by atoms with Gasteiger partial charge in [0.2, 0.25) is 0 Å². The van der Waals surface area contributed by atoms with Crippen molar-refractivity contribution in [3.05, 3.63) is 96.7 Å². The summed E-state index contributed by atoms with van der Waals surface area (Å²) in [6.45, 7) is 0. The van der Waals surface area contributed by atoms with Crippen LogP contribution in [0.2, 0.25) is 0 Å². The Morgan fingerprint density at radius 2 is 1.66 bits per heavy atom. The van der Waals surface area contributed by atoms with Crippen molar-refractivity contribution in [3.8, 4) is 16.9 Å². The summed E-state index contributed by atoms with van der Waals surface area (Å²) in [6.07, 6.45) is 1.75. The lowest BCUT2D eigenvalue weighted by Crippen LogP contribution is -2.16. The molecular weight excluding hydrogens is 420 g/mol. The normalized spacial score (nSPS) is 10.6. The van der Waals surface area contributed by atoms with E-state index in [0.717, 1.165) is 33.6 Å². The first kappa shape index (κ1) is 21.4. The van der Waals surface area contributed by atoms with Gasteiger partial charge in [-0.15, -0.1) is 0 Å². The lowest BCUT2D eigenvalue weighted by Gasteiger charge is -2.11. The number of amides is 2. The molecule has 0 unspecified atom stereocenters. The van der Waals surface area contributed by atoms with Gasteiger partial charge in [-0.05, 0) is 60.3 Å². The zero-order valence-electron chi connectivity index (χ0n) is 17.7. The molecule has 0 radical (unpaired) electrons. The molecule has 0 spiro atoms. The molecule has 1 aromatic heterocycles. The van der Waals surface area contributed by atoms with E-state index in [-0.39, 0.29) is 11.1 Å². The van der Waals surface area contributed by atoms with Gasteiger partial charge in [0.15, 0.2) is 0 Å². The van der Waals surface area contributed by atoms with Gasteiger partial charge in [-0.3, -0.25) is 9.59 Å². The van der Waals surface area contributed by atoms with Crippen molar-refractivity contribution in [3.63, 3.8) is 0 Å². The maximum atomic E-state index is 12.8. The molecule has 0 aliphatic heterocycles. The summed E-state index contributed by atoms with van der Waals surface area (Å²) in [4.78, 5) is 27.0. The Bertz CT molecular complexity index is 1230. The van der Waals surface area contributed by atoms with E-state index >= 15 is 0 Å². The number of nitrogens with one attached hydrogen (secondary N) is 1. The van der Waals surface area contributed by atoms with Crippen molar-refractivity contribution in [1.29, 1.82) is 0 Å². The van der Waals surface area contributed by atoms with Crippen LogP contribution < -0.4 is 5.32 Å². The molecule has 0 fully saturated rings. The van der Waals surface area contributed by atoms with Gasteiger partial charge < -0.3 is 10.2 Å². The average molecular weight is 443 g/mol. The Morgan fingerprint density at radius 1 is 0.906 bits per heavy atom. The minimum absolute atomic E-state index is 0.0490. The monoisotopic (exact) mass is 442 g/mol. The molecule has 0 saturated heterocycles. The summed E-state index contributed by atoms with van der Waals surface area (Å²) in [5.74, 6) is -0.218. The van der Waals surface area contributed by atoms with Crippen LogP contribution in [0.5, 0.6) is 0 Å². The van der Waals surface area contributed by atoms with Crippen molar-refractivity contribution in [1.82, 2.24) is 14.7 Å². The number of hydrogen-bond acceptors (Lipinski definition) is 4. The minimum Gasteiger partial charge on any atom is -0.339 e. The fraction of sp³-hybridized carbons (Fsp3) is 0.0800. The Balaban J connectivity index is 1.50. The number of rotatable bonds is 5. The fourth-order valence-corrected chi connectivity index (χ4v) is 3.77. The second-order valence-corrected chi connectivity index (χ2v) is 8.31. The van der Waals surface area contributed by atoms with Crippen molar-refractivity contribution in [2.24, 2.45) is 0 Å². The fourth-order valence-electron chi connectivity index (χ4n) is 3.12. The second kappa shape index (κ2) is 9.53. The molecule has 0 saturated carbocycles. The quantitative estimate of drug-likeness (QED) is 0.411. The molecule has 1 N–H and O–H groups in total. The zero-order chi connectivity index (χ0) is 22.5. The number of carbonyl (C=O) groups excluding carboxylic acids is 2. The SMILES string of the molecule is CN(C)C(=O)Sc1ccc(NC(=O)c2cccc(-n3nccc3-c3ccccc3)c2)cc1. The van der Waals surface area contributed by atoms with Crippen LogP contribution in [0, 0.1) is 0 Å². The highest BCUT2D eigenvalue weighted by atomic mass is 32.2. The van der Waals surface area contributed by atoms with Crippen LogP contribution in [-0.2, 0) is 0 Å². The summed E-state index contributed by atoms with van der Waals surface area (Å²) in [7, 11) is 3.42. The minimum atomic E-state index is -0.218. The van der Waals surface area contributed by atoms with Crippen molar-refractivity contribution < 1.29 is 9.59 Å². The van der Waals surface area contributed by atoms with E-state index < -0.39 is 0 Å². The lowest BCUT2D eigenvalue weighted by atomic mass is 10.1. The molecule has 4 rings (SSSR count). The van der Waals surface area contributed by atoms with Gasteiger partial charge in [-0.25, -0.2) is 4.68 Å². The van der Waals surface area contributed by atoms with Crippen molar-refractivity contribution >= 4 is 28.6 Å². The Kier molecular flexibility index (Phi) is 6.37.